The van der Waals surface area contributed by atoms with Crippen LogP contribution in [0, 0.1) is 33.9 Å². The van der Waals surface area contributed by atoms with Gasteiger partial charge in [-0.25, -0.2) is 12.8 Å². The van der Waals surface area contributed by atoms with Crippen LogP contribution >= 0.6 is 0 Å². The van der Waals surface area contributed by atoms with Crippen LogP contribution in [0.5, 0.6) is 5.75 Å². The molecule has 1 heterocycles. The number of hydrogen-bond donors (Lipinski definition) is 1. The van der Waals surface area contributed by atoms with Gasteiger partial charge in [-0.2, -0.15) is 28.0 Å². The van der Waals surface area contributed by atoms with Crippen molar-refractivity contribution in [2.75, 3.05) is 26.3 Å². The van der Waals surface area contributed by atoms with Crippen molar-refractivity contribution in [1.29, 1.82) is 10.5 Å². The molecular weight excluding hydrogens is 454 g/mol. The fraction of sp³-hybridized carbons (Fsp3) is 0.300. The predicted octanol–water partition coefficient (Wildman–Crippen LogP) is 2.65. The fourth-order valence-electron chi connectivity index (χ4n) is 3.18. The molecule has 1 fully saturated rings. The standard InChI is InChI=1S/C20H15F4N3O4S/c21-17-6-16(3-1-13(17)7-25)31-12-19(11-28)9-27(10-19)32(29,30)18-4-2-15(20(22,23)24)5-14(18)8-26/h1-6,28H,9-12H2. The summed E-state index contributed by atoms with van der Waals surface area (Å²) >= 11 is 0. The van der Waals surface area contributed by atoms with E-state index >= 15 is 0 Å². The SMILES string of the molecule is N#Cc1ccc(OCC2(CO)CN(S(=O)(=O)c3ccc(C(F)(F)F)cc3C#N)C2)cc1F. The van der Waals surface area contributed by atoms with E-state index in [1.807, 2.05) is 0 Å². The van der Waals surface area contributed by atoms with Gasteiger partial charge in [0.1, 0.15) is 23.7 Å². The summed E-state index contributed by atoms with van der Waals surface area (Å²) in [6, 6.07) is 8.45. The lowest BCUT2D eigenvalue weighted by Gasteiger charge is -2.47. The summed E-state index contributed by atoms with van der Waals surface area (Å²) in [5.74, 6) is -0.725. The minimum Gasteiger partial charge on any atom is -0.493 e. The van der Waals surface area contributed by atoms with Crippen LogP contribution in [0.1, 0.15) is 16.7 Å². The van der Waals surface area contributed by atoms with Crippen molar-refractivity contribution in [2.24, 2.45) is 5.41 Å². The van der Waals surface area contributed by atoms with Crippen LogP contribution in [0.2, 0.25) is 0 Å². The molecule has 168 valence electrons. The largest absolute Gasteiger partial charge is 0.493 e. The zero-order valence-electron chi connectivity index (χ0n) is 16.2. The number of nitrogens with zero attached hydrogens (tertiary/aromatic N) is 3. The molecule has 1 saturated heterocycles. The lowest BCUT2D eigenvalue weighted by atomic mass is 9.83. The highest BCUT2D eigenvalue weighted by Crippen LogP contribution is 2.37. The maximum atomic E-state index is 13.7. The normalized spacial score (nSPS) is 16.0. The Morgan fingerprint density at radius 1 is 1.09 bits per heavy atom. The minimum atomic E-state index is -4.74. The third kappa shape index (κ3) is 4.39. The maximum Gasteiger partial charge on any atom is 0.416 e. The van der Waals surface area contributed by atoms with Gasteiger partial charge in [0, 0.05) is 19.2 Å². The van der Waals surface area contributed by atoms with Crippen molar-refractivity contribution in [3.63, 3.8) is 0 Å². The number of benzene rings is 2. The van der Waals surface area contributed by atoms with Crippen molar-refractivity contribution in [1.82, 2.24) is 4.31 Å². The third-order valence-corrected chi connectivity index (χ3v) is 6.86. The monoisotopic (exact) mass is 469 g/mol. The summed E-state index contributed by atoms with van der Waals surface area (Å²) in [4.78, 5) is -0.574. The van der Waals surface area contributed by atoms with E-state index in [0.717, 1.165) is 16.4 Å². The second kappa shape index (κ2) is 8.39. The lowest BCUT2D eigenvalue weighted by molar-refractivity contribution is -0.137. The summed E-state index contributed by atoms with van der Waals surface area (Å²) < 4.78 is 84.3. The van der Waals surface area contributed by atoms with Gasteiger partial charge in [-0.15, -0.1) is 0 Å². The van der Waals surface area contributed by atoms with E-state index in [1.165, 1.54) is 18.2 Å². The molecule has 0 amide bonds. The van der Waals surface area contributed by atoms with Crippen molar-refractivity contribution < 1.29 is 35.8 Å². The fourth-order valence-corrected chi connectivity index (χ4v) is 4.97. The molecule has 2 aromatic rings. The average Bonchev–Trinajstić information content (AvgIpc) is 2.72. The minimum absolute atomic E-state index is 0.0742. The maximum absolute atomic E-state index is 13.7. The van der Waals surface area contributed by atoms with E-state index in [0.29, 0.717) is 12.1 Å². The number of halogens is 4. The second-order valence-electron chi connectivity index (χ2n) is 7.29. The van der Waals surface area contributed by atoms with Crippen LogP contribution in [-0.2, 0) is 16.2 Å². The molecule has 32 heavy (non-hydrogen) atoms. The number of hydrogen-bond acceptors (Lipinski definition) is 6. The Kier molecular flexibility index (Phi) is 6.15. The van der Waals surface area contributed by atoms with Gasteiger partial charge in [-0.1, -0.05) is 0 Å². The molecular formula is C20H15F4N3O4S. The Balaban J connectivity index is 1.75. The predicted molar refractivity (Wildman–Crippen MR) is 101 cm³/mol. The Labute approximate surface area is 180 Å². The first kappa shape index (κ1) is 23.5. The van der Waals surface area contributed by atoms with Crippen LogP contribution in [0.25, 0.3) is 0 Å². The van der Waals surface area contributed by atoms with E-state index in [-0.39, 0.29) is 31.0 Å². The van der Waals surface area contributed by atoms with E-state index in [9.17, 15) is 31.1 Å². The summed E-state index contributed by atoms with van der Waals surface area (Å²) in [5, 5.41) is 27.6. The van der Waals surface area contributed by atoms with E-state index in [2.05, 4.69) is 0 Å². The van der Waals surface area contributed by atoms with Gasteiger partial charge in [0.25, 0.3) is 0 Å². The second-order valence-corrected chi connectivity index (χ2v) is 9.20. The molecule has 0 atom stereocenters. The van der Waals surface area contributed by atoms with Crippen LogP contribution < -0.4 is 4.74 Å². The van der Waals surface area contributed by atoms with Gasteiger partial charge < -0.3 is 9.84 Å². The van der Waals surface area contributed by atoms with Gasteiger partial charge in [0.15, 0.2) is 0 Å². The molecule has 7 nitrogen and oxygen atoms in total. The van der Waals surface area contributed by atoms with E-state index in [1.54, 1.807) is 6.07 Å². The Hall–Kier alpha value is -3.19. The summed E-state index contributed by atoms with van der Waals surface area (Å²) in [6.07, 6.45) is -4.74. The molecule has 12 heteroatoms. The van der Waals surface area contributed by atoms with Gasteiger partial charge in [-0.05, 0) is 30.3 Å². The molecule has 0 saturated carbocycles. The van der Waals surface area contributed by atoms with E-state index < -0.39 is 50.1 Å². The zero-order valence-corrected chi connectivity index (χ0v) is 17.0. The number of aliphatic hydroxyl groups excluding tert-OH is 1. The molecule has 2 aromatic carbocycles. The Bertz CT molecular complexity index is 1230. The zero-order chi connectivity index (χ0) is 23.7. The Morgan fingerprint density at radius 3 is 2.28 bits per heavy atom. The van der Waals surface area contributed by atoms with Crippen LogP contribution in [0.4, 0.5) is 17.6 Å². The quantitative estimate of drug-likeness (QED) is 0.651. The molecule has 0 aliphatic carbocycles. The summed E-state index contributed by atoms with van der Waals surface area (Å²) in [7, 11) is -4.31. The number of rotatable bonds is 6. The molecule has 0 radical (unpaired) electrons. The highest BCUT2D eigenvalue weighted by Gasteiger charge is 2.49. The Morgan fingerprint density at radius 2 is 1.75 bits per heavy atom. The van der Waals surface area contributed by atoms with Crippen molar-refractivity contribution >= 4 is 10.0 Å². The van der Waals surface area contributed by atoms with Gasteiger partial charge in [0.2, 0.25) is 10.0 Å². The molecule has 3 rings (SSSR count). The first-order chi connectivity index (χ1) is 15.0. The van der Waals surface area contributed by atoms with Gasteiger partial charge in [0.05, 0.1) is 40.2 Å². The number of sulfonamides is 1. The highest BCUT2D eigenvalue weighted by atomic mass is 32.2. The summed E-state index contributed by atoms with van der Waals surface area (Å²) in [5.41, 5.74) is -3.01. The number of aliphatic hydroxyl groups is 1. The van der Waals surface area contributed by atoms with Gasteiger partial charge >= 0.3 is 6.18 Å². The molecule has 0 unspecified atom stereocenters. The highest BCUT2D eigenvalue weighted by molar-refractivity contribution is 7.89. The van der Waals surface area contributed by atoms with Crippen LogP contribution in [-0.4, -0.2) is 44.1 Å². The van der Waals surface area contributed by atoms with Crippen molar-refractivity contribution in [3.05, 3.63) is 58.9 Å². The molecule has 0 bridgehead atoms. The van der Waals surface area contributed by atoms with Crippen LogP contribution in [0.15, 0.2) is 41.3 Å². The van der Waals surface area contributed by atoms with Gasteiger partial charge in [-0.3, -0.25) is 0 Å². The topological polar surface area (TPSA) is 114 Å². The molecule has 1 N–H and O–H groups in total. The van der Waals surface area contributed by atoms with Crippen LogP contribution in [0.3, 0.4) is 0 Å². The summed E-state index contributed by atoms with van der Waals surface area (Å²) in [6.45, 7) is -1.11. The lowest BCUT2D eigenvalue weighted by Crippen LogP contribution is -2.62. The molecule has 1 aliphatic rings. The molecule has 1 aliphatic heterocycles. The molecule has 0 spiro atoms. The number of alkyl halides is 3. The third-order valence-electron chi connectivity index (χ3n) is 5.01. The molecule has 0 aromatic heterocycles. The number of nitriles is 2. The smallest absolute Gasteiger partial charge is 0.416 e. The first-order valence-electron chi connectivity index (χ1n) is 9.00. The first-order valence-corrected chi connectivity index (χ1v) is 10.4. The van der Waals surface area contributed by atoms with Crippen molar-refractivity contribution in [3.8, 4) is 17.9 Å². The van der Waals surface area contributed by atoms with E-state index in [4.69, 9.17) is 15.3 Å². The average molecular weight is 469 g/mol. The number of ether oxygens (including phenoxy) is 1. The van der Waals surface area contributed by atoms with Crippen molar-refractivity contribution in [2.45, 2.75) is 11.1 Å².